The molecule has 3 nitrogen and oxygen atoms in total. The number of hydrogen-bond acceptors (Lipinski definition) is 3. The summed E-state index contributed by atoms with van der Waals surface area (Å²) in [7, 11) is 0. The van der Waals surface area contributed by atoms with Gasteiger partial charge in [0.25, 0.3) is 0 Å². The molecule has 3 aliphatic heterocycles. The van der Waals surface area contributed by atoms with E-state index >= 15 is 0 Å². The Morgan fingerprint density at radius 1 is 0.509 bits per heavy atom. The van der Waals surface area contributed by atoms with Crippen LogP contribution in [-0.4, -0.2) is 10.9 Å². The van der Waals surface area contributed by atoms with Crippen molar-refractivity contribution in [1.29, 1.82) is 0 Å². The smallest absolute Gasteiger partial charge is 0.137 e. The predicted octanol–water partition coefficient (Wildman–Crippen LogP) is 11.2. The summed E-state index contributed by atoms with van der Waals surface area (Å²) in [6.07, 6.45) is 0.0864. The highest BCUT2D eigenvalue weighted by Gasteiger charge is 2.63. The lowest BCUT2D eigenvalue weighted by Gasteiger charge is -2.40. The molecular weight excluding hydrogens is 645 g/mol. The van der Waals surface area contributed by atoms with Gasteiger partial charge >= 0.3 is 0 Å². The predicted molar refractivity (Wildman–Crippen MR) is 211 cm³/mol. The number of fused-ring (bicyclic) bond motifs is 13. The fraction of sp³-hybridized carbons (Fsp3) is 0.160. The number of ether oxygens (including phenoxy) is 1. The molecule has 0 aromatic heterocycles. The highest BCUT2D eigenvalue weighted by Crippen LogP contribution is 2.65. The molecule has 7 aromatic carbocycles. The summed E-state index contributed by atoms with van der Waals surface area (Å²) in [5.74, 6) is 1.92. The highest BCUT2D eigenvalue weighted by molar-refractivity contribution is 5.89. The molecule has 0 radical (unpaired) electrons. The van der Waals surface area contributed by atoms with Crippen LogP contribution in [0.5, 0.6) is 11.5 Å². The van der Waals surface area contributed by atoms with Crippen LogP contribution < -0.4 is 10.1 Å². The lowest BCUT2D eigenvalue weighted by Crippen LogP contribution is -2.33. The van der Waals surface area contributed by atoms with Crippen LogP contribution in [0.15, 0.2) is 164 Å². The van der Waals surface area contributed by atoms with E-state index in [1.165, 1.54) is 72.3 Å². The molecule has 1 spiro atoms. The normalized spacial score (nSPS) is 23.8. The molecule has 1 N–H and O–H groups in total. The third kappa shape index (κ3) is 3.76. The lowest BCUT2D eigenvalue weighted by atomic mass is 9.65. The summed E-state index contributed by atoms with van der Waals surface area (Å²) < 4.78 is 7.15. The standard InChI is InChI=1S/C50H38N2O/c1-49(2)37-21-9-6-17-32(37)35-28-27-31(29-42(35)49)45-46-44(51-48(52(45)46)30-15-4-3-5-16-30)36-20-14-25-41-47(36)53-43-26-13-12-24-40(43)50(41)38-22-10-7-18-33(38)34-19-8-11-23-39(34)50/h3-29,44-46,48,51H,1-2H3. The Morgan fingerprint density at radius 2 is 1.09 bits per heavy atom. The zero-order valence-electron chi connectivity index (χ0n) is 29.8. The summed E-state index contributed by atoms with van der Waals surface area (Å²) in [6, 6.07) is 61.4. The average Bonchev–Trinajstić information content (AvgIpc) is 3.60. The first kappa shape index (κ1) is 29.8. The fourth-order valence-electron chi connectivity index (χ4n) is 10.9. The minimum atomic E-state index is -0.478. The van der Waals surface area contributed by atoms with Gasteiger partial charge in [0.1, 0.15) is 11.5 Å². The lowest BCUT2D eigenvalue weighted by molar-refractivity contribution is 0.354. The van der Waals surface area contributed by atoms with Gasteiger partial charge in [-0.2, -0.15) is 0 Å². The van der Waals surface area contributed by atoms with E-state index in [1.807, 2.05) is 0 Å². The van der Waals surface area contributed by atoms with Gasteiger partial charge < -0.3 is 4.74 Å². The maximum Gasteiger partial charge on any atom is 0.137 e. The number of benzene rings is 7. The van der Waals surface area contributed by atoms with Gasteiger partial charge in [0.2, 0.25) is 0 Å². The second-order valence-corrected chi connectivity index (χ2v) is 16.0. The zero-order valence-corrected chi connectivity index (χ0v) is 29.8. The Labute approximate surface area is 310 Å². The first-order chi connectivity index (χ1) is 26.1. The van der Waals surface area contributed by atoms with Crippen molar-refractivity contribution in [2.45, 2.75) is 49.0 Å². The minimum Gasteiger partial charge on any atom is -0.456 e. The average molecular weight is 683 g/mol. The number of para-hydroxylation sites is 2. The molecule has 254 valence electrons. The van der Waals surface area contributed by atoms with E-state index in [0.717, 1.165) is 11.5 Å². The minimum absolute atomic E-state index is 0.0420. The Kier molecular flexibility index (Phi) is 5.87. The molecule has 5 atom stereocenters. The monoisotopic (exact) mass is 682 g/mol. The number of rotatable bonds is 3. The Hall–Kier alpha value is -5.74. The van der Waals surface area contributed by atoms with Crippen molar-refractivity contribution in [1.82, 2.24) is 10.2 Å². The quantitative estimate of drug-likeness (QED) is 0.188. The van der Waals surface area contributed by atoms with E-state index in [1.54, 1.807) is 0 Å². The van der Waals surface area contributed by atoms with Crippen LogP contribution in [-0.2, 0) is 10.8 Å². The molecular formula is C50H38N2O. The van der Waals surface area contributed by atoms with E-state index in [9.17, 15) is 0 Å². The van der Waals surface area contributed by atoms with Gasteiger partial charge in [0.05, 0.1) is 29.7 Å². The highest BCUT2D eigenvalue weighted by atomic mass is 16.5. The SMILES string of the molecule is CC1(C)c2ccccc2-c2ccc(C3C4C(c5cccc6c5Oc5ccccc5C65c6ccccc6-c6ccccc65)NC(c5ccccc5)N34)cc21. The van der Waals surface area contributed by atoms with Crippen LogP contribution in [0.2, 0.25) is 0 Å². The van der Waals surface area contributed by atoms with Gasteiger partial charge in [-0.1, -0.05) is 172 Å². The molecule has 7 aromatic rings. The van der Waals surface area contributed by atoms with E-state index in [-0.39, 0.29) is 29.7 Å². The van der Waals surface area contributed by atoms with E-state index in [0.29, 0.717) is 0 Å². The molecule has 3 heteroatoms. The zero-order chi connectivity index (χ0) is 35.1. The van der Waals surface area contributed by atoms with Crippen LogP contribution in [0.1, 0.15) is 82.2 Å². The van der Waals surface area contributed by atoms with Crippen LogP contribution in [0.25, 0.3) is 22.3 Å². The molecule has 5 unspecified atom stereocenters. The second-order valence-electron chi connectivity index (χ2n) is 16.0. The second kappa shape index (κ2) is 10.4. The third-order valence-corrected chi connectivity index (χ3v) is 13.2. The van der Waals surface area contributed by atoms with Crippen molar-refractivity contribution in [3.63, 3.8) is 0 Å². The van der Waals surface area contributed by atoms with Gasteiger partial charge in [-0.25, -0.2) is 0 Å². The van der Waals surface area contributed by atoms with Gasteiger partial charge in [-0.15, -0.1) is 0 Å². The van der Waals surface area contributed by atoms with Gasteiger partial charge in [0.15, 0.2) is 0 Å². The molecule has 0 bridgehead atoms. The van der Waals surface area contributed by atoms with Gasteiger partial charge in [0, 0.05) is 22.1 Å². The van der Waals surface area contributed by atoms with E-state index in [4.69, 9.17) is 4.74 Å². The van der Waals surface area contributed by atoms with Crippen molar-refractivity contribution < 1.29 is 4.74 Å². The van der Waals surface area contributed by atoms with Crippen LogP contribution in [0.4, 0.5) is 0 Å². The van der Waals surface area contributed by atoms with Crippen LogP contribution in [0.3, 0.4) is 0 Å². The third-order valence-electron chi connectivity index (χ3n) is 13.2. The van der Waals surface area contributed by atoms with Gasteiger partial charge in [-0.05, 0) is 61.7 Å². The Morgan fingerprint density at radius 3 is 1.83 bits per heavy atom. The van der Waals surface area contributed by atoms with Gasteiger partial charge in [-0.3, -0.25) is 10.2 Å². The fourth-order valence-corrected chi connectivity index (χ4v) is 10.9. The van der Waals surface area contributed by atoms with Crippen molar-refractivity contribution in [2.75, 3.05) is 0 Å². The molecule has 2 fully saturated rings. The molecule has 2 saturated heterocycles. The molecule has 12 rings (SSSR count). The van der Waals surface area contributed by atoms with Crippen molar-refractivity contribution in [3.8, 4) is 33.8 Å². The summed E-state index contributed by atoms with van der Waals surface area (Å²) in [5.41, 5.74) is 16.7. The van der Waals surface area contributed by atoms with E-state index < -0.39 is 5.41 Å². The topological polar surface area (TPSA) is 24.3 Å². The summed E-state index contributed by atoms with van der Waals surface area (Å²) in [5, 5.41) is 4.14. The number of nitrogens with one attached hydrogen (secondary N) is 1. The maximum absolute atomic E-state index is 7.15. The first-order valence-electron chi connectivity index (χ1n) is 19.0. The van der Waals surface area contributed by atoms with Crippen molar-refractivity contribution in [2.24, 2.45) is 0 Å². The molecule has 0 amide bonds. The summed E-state index contributed by atoms with van der Waals surface area (Å²) >= 11 is 0. The van der Waals surface area contributed by atoms with E-state index in [2.05, 4.69) is 188 Å². The van der Waals surface area contributed by atoms with Crippen LogP contribution >= 0.6 is 0 Å². The van der Waals surface area contributed by atoms with Crippen molar-refractivity contribution in [3.05, 3.63) is 214 Å². The first-order valence-corrected chi connectivity index (χ1v) is 19.0. The summed E-state index contributed by atoms with van der Waals surface area (Å²) in [4.78, 5) is 2.70. The van der Waals surface area contributed by atoms with Crippen LogP contribution in [0, 0.1) is 0 Å². The molecule has 5 aliphatic rings. The molecule has 3 heterocycles. The molecule has 0 saturated carbocycles. The largest absolute Gasteiger partial charge is 0.456 e. The van der Waals surface area contributed by atoms with Crippen molar-refractivity contribution >= 4 is 0 Å². The Bertz CT molecular complexity index is 2610. The maximum atomic E-state index is 7.15. The molecule has 53 heavy (non-hydrogen) atoms. The molecule has 2 aliphatic carbocycles. The Balaban J connectivity index is 1.04. The number of nitrogens with zero attached hydrogens (tertiary/aromatic N) is 1. The summed E-state index contributed by atoms with van der Waals surface area (Å²) in [6.45, 7) is 4.76. The number of hydrogen-bond donors (Lipinski definition) is 1.